The first-order chi connectivity index (χ1) is 12.6. The van der Waals surface area contributed by atoms with Gasteiger partial charge in [-0.15, -0.1) is 10.2 Å². The van der Waals surface area contributed by atoms with E-state index in [1.807, 2.05) is 19.1 Å². The largest absolute Gasteiger partial charge is 0.497 e. The fourth-order valence-corrected chi connectivity index (χ4v) is 2.38. The minimum Gasteiger partial charge on any atom is -0.497 e. The summed E-state index contributed by atoms with van der Waals surface area (Å²) in [7, 11) is 1.58. The van der Waals surface area contributed by atoms with Crippen LogP contribution in [0.1, 0.15) is 18.7 Å². The number of nitrogens with zero attached hydrogens (tertiary/aromatic N) is 3. The summed E-state index contributed by atoms with van der Waals surface area (Å²) in [6.45, 7) is 1.99. The van der Waals surface area contributed by atoms with Crippen LogP contribution < -0.4 is 9.47 Å². The molecule has 0 saturated heterocycles. The predicted molar refractivity (Wildman–Crippen MR) is 93.1 cm³/mol. The third-order valence-corrected chi connectivity index (χ3v) is 3.74. The quantitative estimate of drug-likeness (QED) is 0.469. The molecule has 0 spiro atoms. The van der Waals surface area contributed by atoms with E-state index in [2.05, 4.69) is 10.2 Å². The zero-order valence-corrected chi connectivity index (χ0v) is 14.3. The number of nitro groups is 1. The Hall–Kier alpha value is -3.42. The molecule has 2 aromatic carbocycles. The Balaban J connectivity index is 1.91. The Bertz CT molecular complexity index is 905. The number of rotatable bonds is 7. The molecule has 0 fully saturated rings. The van der Waals surface area contributed by atoms with Crippen molar-refractivity contribution in [3.8, 4) is 22.6 Å². The molecule has 0 N–H and O–H groups in total. The molecule has 0 aliphatic rings. The number of methoxy groups -OCH3 is 1. The Morgan fingerprint density at radius 2 is 1.85 bits per heavy atom. The summed E-state index contributed by atoms with van der Waals surface area (Å²) in [4.78, 5) is 10.7. The summed E-state index contributed by atoms with van der Waals surface area (Å²) in [5.74, 6) is 2.06. The number of benzene rings is 2. The maximum atomic E-state index is 11.1. The number of hydrogen-bond acceptors (Lipinski definition) is 7. The average molecular weight is 355 g/mol. The van der Waals surface area contributed by atoms with Crippen LogP contribution in [-0.4, -0.2) is 22.2 Å². The number of hydrogen-bond donors (Lipinski definition) is 0. The van der Waals surface area contributed by atoms with Gasteiger partial charge in [-0.3, -0.25) is 10.1 Å². The van der Waals surface area contributed by atoms with Crippen LogP contribution in [0.15, 0.2) is 46.9 Å². The molecule has 0 aliphatic heterocycles. The molecular formula is C18H17N3O5. The first-order valence-electron chi connectivity index (χ1n) is 7.97. The van der Waals surface area contributed by atoms with Crippen molar-refractivity contribution in [2.45, 2.75) is 20.0 Å². The van der Waals surface area contributed by atoms with Crippen molar-refractivity contribution in [1.82, 2.24) is 10.2 Å². The fourth-order valence-electron chi connectivity index (χ4n) is 2.38. The Kier molecular flexibility index (Phi) is 5.12. The van der Waals surface area contributed by atoms with Crippen LogP contribution >= 0.6 is 0 Å². The zero-order chi connectivity index (χ0) is 18.5. The maximum Gasteiger partial charge on any atom is 0.270 e. The van der Waals surface area contributed by atoms with Crippen molar-refractivity contribution in [1.29, 1.82) is 0 Å². The first-order valence-corrected chi connectivity index (χ1v) is 7.97. The van der Waals surface area contributed by atoms with Crippen LogP contribution in [0.2, 0.25) is 0 Å². The number of ether oxygens (including phenoxy) is 2. The lowest BCUT2D eigenvalue weighted by atomic mass is 10.0. The molecule has 1 aromatic heterocycles. The molecule has 0 unspecified atom stereocenters. The van der Waals surface area contributed by atoms with Crippen LogP contribution in [0.3, 0.4) is 0 Å². The molecule has 8 heteroatoms. The maximum absolute atomic E-state index is 11.1. The van der Waals surface area contributed by atoms with Crippen LogP contribution in [0.4, 0.5) is 5.69 Å². The van der Waals surface area contributed by atoms with E-state index in [-0.39, 0.29) is 12.3 Å². The Labute approximate surface area is 149 Å². The van der Waals surface area contributed by atoms with Gasteiger partial charge in [-0.2, -0.15) is 0 Å². The van der Waals surface area contributed by atoms with Crippen molar-refractivity contribution in [2.75, 3.05) is 7.11 Å². The lowest BCUT2D eigenvalue weighted by molar-refractivity contribution is -0.384. The highest BCUT2D eigenvalue weighted by molar-refractivity contribution is 5.73. The summed E-state index contributed by atoms with van der Waals surface area (Å²) in [6, 6.07) is 11.6. The SMILES string of the molecule is CCc1nnc(COc2ccc([N+](=O)[O-])cc2-c2ccc(OC)cc2)o1. The monoisotopic (exact) mass is 355 g/mol. The zero-order valence-electron chi connectivity index (χ0n) is 14.3. The van der Waals surface area contributed by atoms with Crippen LogP contribution in [0.5, 0.6) is 11.5 Å². The molecule has 0 radical (unpaired) electrons. The van der Waals surface area contributed by atoms with Crippen LogP contribution in [0.25, 0.3) is 11.1 Å². The van der Waals surface area contributed by atoms with Gasteiger partial charge >= 0.3 is 0 Å². The van der Waals surface area contributed by atoms with E-state index in [0.29, 0.717) is 35.3 Å². The first kappa shape index (κ1) is 17.4. The third kappa shape index (κ3) is 3.80. The molecule has 26 heavy (non-hydrogen) atoms. The van der Waals surface area contributed by atoms with E-state index in [4.69, 9.17) is 13.9 Å². The van der Waals surface area contributed by atoms with Gasteiger partial charge in [0.05, 0.1) is 12.0 Å². The summed E-state index contributed by atoms with van der Waals surface area (Å²) < 4.78 is 16.3. The second-order valence-electron chi connectivity index (χ2n) is 5.40. The molecule has 134 valence electrons. The smallest absolute Gasteiger partial charge is 0.270 e. The van der Waals surface area contributed by atoms with Crippen molar-refractivity contribution >= 4 is 5.69 Å². The van der Waals surface area contributed by atoms with Gasteiger partial charge in [-0.25, -0.2) is 0 Å². The van der Waals surface area contributed by atoms with E-state index < -0.39 is 4.92 Å². The highest BCUT2D eigenvalue weighted by Crippen LogP contribution is 2.34. The second-order valence-corrected chi connectivity index (χ2v) is 5.40. The molecule has 8 nitrogen and oxygen atoms in total. The number of non-ortho nitro benzene ring substituents is 1. The number of aromatic nitrogens is 2. The standard InChI is InChI=1S/C18H17N3O5/c1-3-17-19-20-18(26-17)11-25-16-9-6-13(21(22)23)10-15(16)12-4-7-14(24-2)8-5-12/h4-10H,3,11H2,1-2H3. The van der Waals surface area contributed by atoms with E-state index in [0.717, 1.165) is 5.56 Å². The van der Waals surface area contributed by atoms with Gasteiger partial charge < -0.3 is 13.9 Å². The molecule has 3 aromatic rings. The second kappa shape index (κ2) is 7.64. The van der Waals surface area contributed by atoms with E-state index in [9.17, 15) is 10.1 Å². The highest BCUT2D eigenvalue weighted by Gasteiger charge is 2.15. The molecule has 0 saturated carbocycles. The topological polar surface area (TPSA) is 101 Å². The van der Waals surface area contributed by atoms with Crippen molar-refractivity contribution < 1.29 is 18.8 Å². The number of nitro benzene ring substituents is 1. The van der Waals surface area contributed by atoms with Gasteiger partial charge in [0.2, 0.25) is 5.89 Å². The predicted octanol–water partition coefficient (Wildman–Crippen LogP) is 3.79. The van der Waals surface area contributed by atoms with E-state index >= 15 is 0 Å². The minimum absolute atomic E-state index is 0.0192. The normalized spacial score (nSPS) is 10.5. The average Bonchev–Trinajstić information content (AvgIpc) is 3.14. The molecular weight excluding hydrogens is 338 g/mol. The van der Waals surface area contributed by atoms with Gasteiger partial charge in [0.15, 0.2) is 6.61 Å². The summed E-state index contributed by atoms with van der Waals surface area (Å²) in [6.07, 6.45) is 0.641. The van der Waals surface area contributed by atoms with E-state index in [1.165, 1.54) is 12.1 Å². The Morgan fingerprint density at radius 1 is 1.12 bits per heavy atom. The van der Waals surface area contributed by atoms with Gasteiger partial charge in [-0.05, 0) is 23.8 Å². The highest BCUT2D eigenvalue weighted by atomic mass is 16.6. The lowest BCUT2D eigenvalue weighted by Gasteiger charge is -2.11. The Morgan fingerprint density at radius 3 is 2.46 bits per heavy atom. The summed E-state index contributed by atoms with van der Waals surface area (Å²) >= 11 is 0. The molecule has 0 bridgehead atoms. The van der Waals surface area contributed by atoms with Crippen molar-refractivity contribution in [3.63, 3.8) is 0 Å². The van der Waals surface area contributed by atoms with Crippen LogP contribution in [-0.2, 0) is 13.0 Å². The molecule has 0 amide bonds. The minimum atomic E-state index is -0.442. The molecule has 0 aliphatic carbocycles. The molecule has 1 heterocycles. The van der Waals surface area contributed by atoms with Crippen LogP contribution in [0, 0.1) is 10.1 Å². The van der Waals surface area contributed by atoms with Gasteiger partial charge in [0.1, 0.15) is 11.5 Å². The van der Waals surface area contributed by atoms with Gasteiger partial charge in [0, 0.05) is 24.1 Å². The summed E-state index contributed by atoms with van der Waals surface area (Å²) in [5, 5.41) is 18.9. The van der Waals surface area contributed by atoms with Crippen molar-refractivity contribution in [2.24, 2.45) is 0 Å². The van der Waals surface area contributed by atoms with Gasteiger partial charge in [-0.1, -0.05) is 19.1 Å². The third-order valence-electron chi connectivity index (χ3n) is 3.74. The fraction of sp³-hybridized carbons (Fsp3) is 0.222. The molecule has 3 rings (SSSR count). The summed E-state index contributed by atoms with van der Waals surface area (Å²) in [5.41, 5.74) is 1.34. The van der Waals surface area contributed by atoms with E-state index in [1.54, 1.807) is 25.3 Å². The lowest BCUT2D eigenvalue weighted by Crippen LogP contribution is -1.98. The van der Waals surface area contributed by atoms with Crippen molar-refractivity contribution in [3.05, 3.63) is 64.4 Å². The molecule has 0 atom stereocenters. The number of aryl methyl sites for hydroxylation is 1. The van der Waals surface area contributed by atoms with Gasteiger partial charge in [0.25, 0.3) is 11.6 Å².